The maximum absolute atomic E-state index is 13.1. The molecule has 0 aliphatic rings. The van der Waals surface area contributed by atoms with Gasteiger partial charge in [-0.25, -0.2) is 8.42 Å². The predicted octanol–water partition coefficient (Wildman–Crippen LogP) is 4.39. The number of nitrogens with one attached hydrogen (secondary N) is 1. The third-order valence-electron chi connectivity index (χ3n) is 4.76. The van der Waals surface area contributed by atoms with Crippen LogP contribution in [0.4, 0.5) is 11.4 Å². The predicted molar refractivity (Wildman–Crippen MR) is 119 cm³/mol. The van der Waals surface area contributed by atoms with Crippen molar-refractivity contribution in [2.24, 2.45) is 0 Å². The van der Waals surface area contributed by atoms with Crippen LogP contribution in [-0.2, 0) is 10.0 Å². The minimum Gasteiger partial charge on any atom is -0.495 e. The Labute approximate surface area is 177 Å². The van der Waals surface area contributed by atoms with Crippen molar-refractivity contribution in [3.05, 3.63) is 83.4 Å². The maximum atomic E-state index is 13.1. The highest BCUT2D eigenvalue weighted by Crippen LogP contribution is 2.27. The number of anilines is 2. The topological polar surface area (TPSA) is 75.7 Å². The van der Waals surface area contributed by atoms with E-state index in [4.69, 9.17) is 4.74 Å². The number of hydrogen-bond donors (Lipinski definition) is 1. The molecule has 0 aromatic heterocycles. The number of nitrogens with zero attached hydrogens (tertiary/aromatic N) is 1. The molecule has 3 rings (SSSR count). The van der Waals surface area contributed by atoms with Crippen LogP contribution in [0.25, 0.3) is 0 Å². The monoisotopic (exact) mass is 424 g/mol. The first-order chi connectivity index (χ1) is 14.2. The number of sulfonamides is 1. The summed E-state index contributed by atoms with van der Waals surface area (Å²) in [5.74, 6) is 0.103. The lowest BCUT2D eigenvalue weighted by molar-refractivity contribution is 0.102. The van der Waals surface area contributed by atoms with Crippen LogP contribution in [0.5, 0.6) is 5.75 Å². The summed E-state index contributed by atoms with van der Waals surface area (Å²) in [7, 11) is -0.812. The van der Waals surface area contributed by atoms with Crippen molar-refractivity contribution in [2.45, 2.75) is 18.7 Å². The average Bonchev–Trinajstić information content (AvgIpc) is 2.74. The Kier molecular flexibility index (Phi) is 6.12. The molecule has 156 valence electrons. The first-order valence-corrected chi connectivity index (χ1v) is 10.8. The average molecular weight is 425 g/mol. The summed E-state index contributed by atoms with van der Waals surface area (Å²) in [4.78, 5) is 12.8. The molecule has 0 radical (unpaired) electrons. The van der Waals surface area contributed by atoms with Crippen LogP contribution < -0.4 is 14.4 Å². The molecule has 30 heavy (non-hydrogen) atoms. The summed E-state index contributed by atoms with van der Waals surface area (Å²) in [5, 5.41) is 2.79. The Morgan fingerprint density at radius 2 is 1.60 bits per heavy atom. The second kappa shape index (κ2) is 8.59. The van der Waals surface area contributed by atoms with E-state index in [1.807, 2.05) is 32.0 Å². The molecule has 0 fully saturated rings. The van der Waals surface area contributed by atoms with Gasteiger partial charge in [-0.2, -0.15) is 0 Å². The van der Waals surface area contributed by atoms with Crippen molar-refractivity contribution in [3.8, 4) is 5.75 Å². The van der Waals surface area contributed by atoms with E-state index in [0.29, 0.717) is 17.1 Å². The third-order valence-corrected chi connectivity index (χ3v) is 6.54. The van der Waals surface area contributed by atoms with E-state index in [1.165, 1.54) is 30.6 Å². The lowest BCUT2D eigenvalue weighted by atomic mass is 10.1. The number of methoxy groups -OCH3 is 1. The molecule has 0 atom stereocenters. The highest BCUT2D eigenvalue weighted by molar-refractivity contribution is 7.92. The van der Waals surface area contributed by atoms with Crippen LogP contribution in [0.15, 0.2) is 71.6 Å². The summed E-state index contributed by atoms with van der Waals surface area (Å²) in [6.45, 7) is 3.84. The summed E-state index contributed by atoms with van der Waals surface area (Å²) in [6.07, 6.45) is 0. The van der Waals surface area contributed by atoms with Gasteiger partial charge < -0.3 is 10.1 Å². The first-order valence-electron chi connectivity index (χ1n) is 9.34. The Balaban J connectivity index is 1.89. The molecule has 0 heterocycles. The van der Waals surface area contributed by atoms with Gasteiger partial charge in [0.15, 0.2) is 0 Å². The first kappa shape index (κ1) is 21.4. The van der Waals surface area contributed by atoms with Crippen molar-refractivity contribution < 1.29 is 17.9 Å². The second-order valence-electron chi connectivity index (χ2n) is 6.99. The zero-order valence-electron chi connectivity index (χ0n) is 17.3. The van der Waals surface area contributed by atoms with Gasteiger partial charge in [-0.3, -0.25) is 9.10 Å². The van der Waals surface area contributed by atoms with Gasteiger partial charge in [0.1, 0.15) is 5.75 Å². The van der Waals surface area contributed by atoms with Crippen molar-refractivity contribution in [3.63, 3.8) is 0 Å². The van der Waals surface area contributed by atoms with Crippen LogP contribution in [0.3, 0.4) is 0 Å². The summed E-state index contributed by atoms with van der Waals surface area (Å²) in [6, 6.07) is 18.6. The molecule has 6 nitrogen and oxygen atoms in total. The lowest BCUT2D eigenvalue weighted by Gasteiger charge is -2.20. The third kappa shape index (κ3) is 4.46. The molecule has 0 aliphatic carbocycles. The molecule has 1 N–H and O–H groups in total. The molecular weight excluding hydrogens is 400 g/mol. The Hall–Kier alpha value is -3.32. The summed E-state index contributed by atoms with van der Waals surface area (Å²) in [5.41, 5.74) is 3.29. The zero-order valence-corrected chi connectivity index (χ0v) is 18.2. The van der Waals surface area contributed by atoms with Crippen molar-refractivity contribution in [1.82, 2.24) is 0 Å². The Bertz CT molecular complexity index is 1170. The fraction of sp³-hybridized carbons (Fsp3) is 0.174. The molecule has 1 amide bonds. The standard InChI is InChI=1S/C23H24N2O4S/c1-16-8-11-19(12-9-16)25(3)30(27,28)20-7-5-6-18(15-20)23(26)24-21-14-17(2)10-13-22(21)29-4/h5-15H,1-4H3,(H,24,26). The van der Waals surface area contributed by atoms with Crippen LogP contribution >= 0.6 is 0 Å². The van der Waals surface area contributed by atoms with E-state index >= 15 is 0 Å². The number of aryl methyl sites for hydroxylation is 2. The molecule has 3 aromatic rings. The normalized spacial score (nSPS) is 11.1. The van der Waals surface area contributed by atoms with Gasteiger partial charge in [-0.15, -0.1) is 0 Å². The van der Waals surface area contributed by atoms with Gasteiger partial charge in [0.2, 0.25) is 0 Å². The summed E-state index contributed by atoms with van der Waals surface area (Å²) < 4.78 is 32.6. The minimum absolute atomic E-state index is 0.0365. The SMILES string of the molecule is COc1ccc(C)cc1NC(=O)c1cccc(S(=O)(=O)N(C)c2ccc(C)cc2)c1. The zero-order chi connectivity index (χ0) is 21.9. The van der Waals surface area contributed by atoms with Gasteiger partial charge in [-0.1, -0.05) is 29.8 Å². The molecule has 3 aromatic carbocycles. The minimum atomic E-state index is -3.82. The van der Waals surface area contributed by atoms with Gasteiger partial charge >= 0.3 is 0 Å². The van der Waals surface area contributed by atoms with Crippen LogP contribution in [-0.4, -0.2) is 28.5 Å². The summed E-state index contributed by atoms with van der Waals surface area (Å²) >= 11 is 0. The molecule has 0 saturated carbocycles. The van der Waals surface area contributed by atoms with E-state index in [9.17, 15) is 13.2 Å². The number of benzene rings is 3. The lowest BCUT2D eigenvalue weighted by Crippen LogP contribution is -2.26. The van der Waals surface area contributed by atoms with Crippen molar-refractivity contribution in [1.29, 1.82) is 0 Å². The molecule has 0 aliphatic heterocycles. The van der Waals surface area contributed by atoms with E-state index in [2.05, 4.69) is 5.32 Å². The number of rotatable bonds is 6. The van der Waals surface area contributed by atoms with Crippen molar-refractivity contribution in [2.75, 3.05) is 23.8 Å². The Morgan fingerprint density at radius 3 is 2.27 bits per heavy atom. The smallest absolute Gasteiger partial charge is 0.264 e. The number of carbonyl (C=O) groups is 1. The largest absolute Gasteiger partial charge is 0.495 e. The fourth-order valence-corrected chi connectivity index (χ4v) is 4.21. The Morgan fingerprint density at radius 1 is 0.933 bits per heavy atom. The molecular formula is C23H24N2O4S. The number of hydrogen-bond acceptors (Lipinski definition) is 4. The van der Waals surface area contributed by atoms with E-state index < -0.39 is 15.9 Å². The van der Waals surface area contributed by atoms with Gasteiger partial charge in [0.25, 0.3) is 15.9 Å². The van der Waals surface area contributed by atoms with Crippen LogP contribution in [0.1, 0.15) is 21.5 Å². The molecule has 0 spiro atoms. The maximum Gasteiger partial charge on any atom is 0.264 e. The van der Waals surface area contributed by atoms with Gasteiger partial charge in [-0.05, 0) is 61.9 Å². The quantitative estimate of drug-likeness (QED) is 0.637. The van der Waals surface area contributed by atoms with Crippen molar-refractivity contribution >= 4 is 27.3 Å². The fourth-order valence-electron chi connectivity index (χ4n) is 2.96. The molecule has 0 unspecified atom stereocenters. The van der Waals surface area contributed by atoms with Crippen LogP contribution in [0, 0.1) is 13.8 Å². The molecule has 0 bridgehead atoms. The number of amides is 1. The highest BCUT2D eigenvalue weighted by Gasteiger charge is 2.22. The van der Waals surface area contributed by atoms with E-state index in [1.54, 1.807) is 36.4 Å². The van der Waals surface area contributed by atoms with Crippen LogP contribution in [0.2, 0.25) is 0 Å². The van der Waals surface area contributed by atoms with Gasteiger partial charge in [0.05, 0.1) is 23.4 Å². The second-order valence-corrected chi connectivity index (χ2v) is 8.96. The molecule has 7 heteroatoms. The van der Waals surface area contributed by atoms with E-state index in [0.717, 1.165) is 11.1 Å². The highest BCUT2D eigenvalue weighted by atomic mass is 32.2. The van der Waals surface area contributed by atoms with Gasteiger partial charge in [0, 0.05) is 12.6 Å². The number of carbonyl (C=O) groups excluding carboxylic acids is 1. The number of ether oxygens (including phenoxy) is 1. The molecule has 0 saturated heterocycles. The van der Waals surface area contributed by atoms with E-state index in [-0.39, 0.29) is 10.5 Å².